The Morgan fingerprint density at radius 2 is 1.85 bits per heavy atom. The highest BCUT2D eigenvalue weighted by Gasteiger charge is 2.17. The van der Waals surface area contributed by atoms with Gasteiger partial charge in [0.05, 0.1) is 24.8 Å². The van der Waals surface area contributed by atoms with Crippen LogP contribution in [0.5, 0.6) is 0 Å². The molecule has 0 saturated carbocycles. The Morgan fingerprint density at radius 3 is 2.48 bits per heavy atom. The summed E-state index contributed by atoms with van der Waals surface area (Å²) in [7, 11) is 1.23. The molecule has 0 radical (unpaired) electrons. The molecule has 2 aromatic rings. The Morgan fingerprint density at radius 1 is 1.15 bits per heavy atom. The molecule has 0 aliphatic rings. The van der Waals surface area contributed by atoms with Crippen molar-refractivity contribution in [3.05, 3.63) is 53.9 Å². The molecule has 0 saturated heterocycles. The molecule has 2 rings (SSSR count). The van der Waals surface area contributed by atoms with E-state index in [4.69, 9.17) is 21.9 Å². The maximum Gasteiger partial charge on any atom is 0.340 e. The number of hydrogen-bond acceptors (Lipinski definition) is 5. The topological polar surface area (TPSA) is 171 Å². The lowest BCUT2D eigenvalue weighted by molar-refractivity contribution is -0.115. The first-order chi connectivity index (χ1) is 12.9. The fraction of sp³-hybridized carbons (Fsp3) is 0.118. The molecule has 0 spiro atoms. The van der Waals surface area contributed by atoms with Gasteiger partial charge in [-0.3, -0.25) is 9.78 Å². The molecule has 0 atom stereocenters. The molecule has 1 aromatic carbocycles. The van der Waals surface area contributed by atoms with Crippen LogP contribution >= 0.6 is 0 Å². The number of ether oxygens (including phenoxy) is 1. The van der Waals surface area contributed by atoms with Gasteiger partial charge in [-0.15, -0.1) is 0 Å². The molecule has 1 amide bonds. The molecule has 7 N–H and O–H groups in total. The maximum absolute atomic E-state index is 12.4. The summed E-state index contributed by atoms with van der Waals surface area (Å²) in [5.41, 5.74) is 17.4. The van der Waals surface area contributed by atoms with E-state index in [1.807, 2.05) is 0 Å². The largest absolute Gasteiger partial charge is 0.465 e. The zero-order valence-corrected chi connectivity index (χ0v) is 14.5. The van der Waals surface area contributed by atoms with Crippen LogP contribution in [0.25, 0.3) is 0 Å². The summed E-state index contributed by atoms with van der Waals surface area (Å²) in [6, 6.07) is 8.06. The van der Waals surface area contributed by atoms with Crippen molar-refractivity contribution in [3.63, 3.8) is 0 Å². The number of para-hydroxylation sites is 1. The van der Waals surface area contributed by atoms with Gasteiger partial charge in [0.15, 0.2) is 5.96 Å². The van der Waals surface area contributed by atoms with Crippen LogP contribution in [-0.4, -0.2) is 35.9 Å². The number of hydrogen-bond donors (Lipinski definition) is 4. The molecule has 0 fully saturated rings. The summed E-state index contributed by atoms with van der Waals surface area (Å²) in [5.74, 6) is -1.55. The van der Waals surface area contributed by atoms with Crippen molar-refractivity contribution in [2.45, 2.75) is 6.42 Å². The zero-order chi connectivity index (χ0) is 19.8. The normalized spacial score (nSPS) is 10.8. The van der Waals surface area contributed by atoms with Crippen molar-refractivity contribution in [1.82, 2.24) is 4.98 Å². The lowest BCUT2D eigenvalue weighted by Gasteiger charge is -2.12. The summed E-state index contributed by atoms with van der Waals surface area (Å²) in [5, 5.41) is 2.70. The van der Waals surface area contributed by atoms with Crippen molar-refractivity contribution in [1.29, 1.82) is 0 Å². The van der Waals surface area contributed by atoms with E-state index in [9.17, 15) is 9.59 Å². The van der Waals surface area contributed by atoms with Gasteiger partial charge in [-0.25, -0.2) is 9.79 Å². The minimum atomic E-state index is -0.656. The lowest BCUT2D eigenvalue weighted by atomic mass is 10.1. The second-order valence-electron chi connectivity index (χ2n) is 5.28. The molecule has 1 aromatic heterocycles. The predicted molar refractivity (Wildman–Crippen MR) is 101 cm³/mol. The first kappa shape index (κ1) is 19.4. The standard InChI is InChI=1S/C17H19N7O3/c1-27-15(26)11-3-2-4-12(14(11)23-17(20)24-16(18)19)22-13(25)9-10-5-7-21-8-6-10/h2-8H,9H2,1H3,(H,22,25)(H6,18,19,20,23,24). The van der Waals surface area contributed by atoms with Gasteiger partial charge in [0, 0.05) is 12.4 Å². The number of esters is 1. The molecule has 0 aliphatic carbocycles. The van der Waals surface area contributed by atoms with Crippen LogP contribution in [0, 0.1) is 0 Å². The quantitative estimate of drug-likeness (QED) is 0.333. The van der Waals surface area contributed by atoms with Crippen LogP contribution in [0.3, 0.4) is 0 Å². The Balaban J connectivity index is 2.38. The van der Waals surface area contributed by atoms with Gasteiger partial charge in [0.1, 0.15) is 5.69 Å². The number of pyridine rings is 1. The van der Waals surface area contributed by atoms with Crippen molar-refractivity contribution < 1.29 is 14.3 Å². The highest BCUT2D eigenvalue weighted by atomic mass is 16.5. The van der Waals surface area contributed by atoms with E-state index in [0.29, 0.717) is 0 Å². The molecule has 10 heteroatoms. The van der Waals surface area contributed by atoms with Gasteiger partial charge in [0.25, 0.3) is 0 Å². The fourth-order valence-corrected chi connectivity index (χ4v) is 2.19. The van der Waals surface area contributed by atoms with Crippen LogP contribution in [0.1, 0.15) is 15.9 Å². The number of methoxy groups -OCH3 is 1. The number of amides is 1. The summed E-state index contributed by atoms with van der Waals surface area (Å²) in [6.45, 7) is 0. The number of carbonyl (C=O) groups is 2. The predicted octanol–water partition coefficient (Wildman–Crippen LogP) is 0.269. The van der Waals surface area contributed by atoms with Gasteiger partial charge < -0.3 is 27.3 Å². The Kier molecular flexibility index (Phi) is 6.42. The van der Waals surface area contributed by atoms with E-state index < -0.39 is 5.97 Å². The van der Waals surface area contributed by atoms with Crippen LogP contribution in [0.15, 0.2) is 52.7 Å². The van der Waals surface area contributed by atoms with Crippen LogP contribution in [0.2, 0.25) is 0 Å². The van der Waals surface area contributed by atoms with Crippen molar-refractivity contribution in [2.24, 2.45) is 27.2 Å². The first-order valence-electron chi connectivity index (χ1n) is 7.74. The smallest absolute Gasteiger partial charge is 0.340 e. The Hall–Kier alpha value is -3.95. The summed E-state index contributed by atoms with van der Waals surface area (Å²) in [4.78, 5) is 35.9. The van der Waals surface area contributed by atoms with Gasteiger partial charge >= 0.3 is 5.97 Å². The summed E-state index contributed by atoms with van der Waals surface area (Å²) in [6.07, 6.45) is 3.29. The number of carbonyl (C=O) groups excluding carboxylic acids is 2. The SMILES string of the molecule is COC(=O)c1cccc(NC(=O)Cc2ccncc2)c1N=C(N)N=C(N)N. The minimum Gasteiger partial charge on any atom is -0.465 e. The van der Waals surface area contributed by atoms with Crippen LogP contribution in [0.4, 0.5) is 11.4 Å². The highest BCUT2D eigenvalue weighted by Crippen LogP contribution is 2.30. The van der Waals surface area contributed by atoms with E-state index >= 15 is 0 Å². The van der Waals surface area contributed by atoms with Crippen molar-refractivity contribution >= 4 is 35.2 Å². The van der Waals surface area contributed by atoms with Gasteiger partial charge in [-0.1, -0.05) is 6.07 Å². The number of benzene rings is 1. The Labute approximate surface area is 155 Å². The van der Waals surface area contributed by atoms with Crippen molar-refractivity contribution in [3.8, 4) is 0 Å². The molecule has 10 nitrogen and oxygen atoms in total. The van der Waals surface area contributed by atoms with Crippen molar-refractivity contribution in [2.75, 3.05) is 12.4 Å². The third-order valence-corrected chi connectivity index (χ3v) is 3.30. The fourth-order valence-electron chi connectivity index (χ4n) is 2.19. The number of nitrogens with two attached hydrogens (primary N) is 3. The number of guanidine groups is 2. The van der Waals surface area contributed by atoms with Gasteiger partial charge in [-0.05, 0) is 29.8 Å². The molecule has 0 unspecified atom stereocenters. The summed E-state index contributed by atoms with van der Waals surface area (Å²) >= 11 is 0. The Bertz CT molecular complexity index is 891. The second kappa shape index (κ2) is 8.94. The molecule has 1 heterocycles. The van der Waals surface area contributed by atoms with E-state index in [1.165, 1.54) is 13.2 Å². The zero-order valence-electron chi connectivity index (χ0n) is 14.5. The molecule has 0 aliphatic heterocycles. The molecule has 0 bridgehead atoms. The van der Waals surface area contributed by atoms with Crippen LogP contribution in [-0.2, 0) is 16.0 Å². The van der Waals surface area contributed by atoms with E-state index in [1.54, 1.807) is 36.7 Å². The first-order valence-corrected chi connectivity index (χ1v) is 7.74. The van der Waals surface area contributed by atoms with E-state index in [-0.39, 0.29) is 41.2 Å². The van der Waals surface area contributed by atoms with E-state index in [0.717, 1.165) is 5.56 Å². The molecular weight excluding hydrogens is 350 g/mol. The number of rotatable bonds is 5. The third kappa shape index (κ3) is 5.53. The lowest BCUT2D eigenvalue weighted by Crippen LogP contribution is -2.26. The average Bonchev–Trinajstić information content (AvgIpc) is 2.62. The number of aromatic nitrogens is 1. The number of aliphatic imine (C=N–C) groups is 2. The van der Waals surface area contributed by atoms with E-state index in [2.05, 4.69) is 20.3 Å². The number of nitrogens with one attached hydrogen (secondary N) is 1. The summed E-state index contributed by atoms with van der Waals surface area (Å²) < 4.78 is 4.74. The minimum absolute atomic E-state index is 0.0786. The molecule has 140 valence electrons. The molecule has 27 heavy (non-hydrogen) atoms. The van der Waals surface area contributed by atoms with Crippen LogP contribution < -0.4 is 22.5 Å². The third-order valence-electron chi connectivity index (χ3n) is 3.30. The number of nitrogens with zero attached hydrogens (tertiary/aromatic N) is 3. The highest BCUT2D eigenvalue weighted by molar-refractivity contribution is 6.04. The maximum atomic E-state index is 12.4. The molecular formula is C17H19N7O3. The average molecular weight is 369 g/mol. The van der Waals surface area contributed by atoms with Gasteiger partial charge in [0.2, 0.25) is 11.9 Å². The second-order valence-corrected chi connectivity index (χ2v) is 5.28. The monoisotopic (exact) mass is 369 g/mol. The van der Waals surface area contributed by atoms with Gasteiger partial charge in [-0.2, -0.15) is 4.99 Å². The number of anilines is 1.